The standard InChI is InChI=1S/C21H27N3O4S/c1-2-16-12-21(16,20(26)24-29(27,28)17-8-9-17)23-19(25)18-11-15(13-22-18)10-14-6-4-3-5-7-14/h2-7,15-18,22H,1,8-13H2,(H,23,25)(H,24,26)/t15-,16-,18+,21-/m1/s1. The van der Waals surface area contributed by atoms with Crippen molar-refractivity contribution in [2.75, 3.05) is 6.54 Å². The van der Waals surface area contributed by atoms with E-state index in [0.717, 1.165) is 13.0 Å². The third-order valence-electron chi connectivity index (χ3n) is 6.15. The zero-order chi connectivity index (χ0) is 20.6. The summed E-state index contributed by atoms with van der Waals surface area (Å²) < 4.78 is 26.5. The van der Waals surface area contributed by atoms with E-state index in [1.54, 1.807) is 6.08 Å². The number of hydrogen-bond acceptors (Lipinski definition) is 5. The second-order valence-electron chi connectivity index (χ2n) is 8.43. The van der Waals surface area contributed by atoms with Crippen LogP contribution in [0.5, 0.6) is 0 Å². The zero-order valence-corrected chi connectivity index (χ0v) is 17.1. The molecule has 0 radical (unpaired) electrons. The van der Waals surface area contributed by atoms with Crippen molar-refractivity contribution in [3.8, 4) is 0 Å². The first kappa shape index (κ1) is 20.1. The van der Waals surface area contributed by atoms with Crippen LogP contribution in [0.2, 0.25) is 0 Å². The monoisotopic (exact) mass is 417 g/mol. The molecule has 1 aromatic carbocycles. The number of carbonyl (C=O) groups is 2. The zero-order valence-electron chi connectivity index (χ0n) is 16.3. The summed E-state index contributed by atoms with van der Waals surface area (Å²) in [4.78, 5) is 25.6. The van der Waals surface area contributed by atoms with Crippen molar-refractivity contribution in [3.05, 3.63) is 48.6 Å². The summed E-state index contributed by atoms with van der Waals surface area (Å²) in [5, 5.41) is 5.57. The second-order valence-corrected chi connectivity index (χ2v) is 10.4. The minimum absolute atomic E-state index is 0.260. The van der Waals surface area contributed by atoms with Crippen LogP contribution in [0.25, 0.3) is 0 Å². The van der Waals surface area contributed by atoms with Gasteiger partial charge in [-0.05, 0) is 50.1 Å². The Labute approximate surface area is 171 Å². The molecule has 0 unspecified atom stereocenters. The smallest absolute Gasteiger partial charge is 0.259 e. The maximum Gasteiger partial charge on any atom is 0.259 e. The van der Waals surface area contributed by atoms with Crippen LogP contribution in [0.3, 0.4) is 0 Å². The summed E-state index contributed by atoms with van der Waals surface area (Å²) >= 11 is 0. The number of hydrogen-bond donors (Lipinski definition) is 3. The van der Waals surface area contributed by atoms with Gasteiger partial charge in [0.15, 0.2) is 0 Å². The van der Waals surface area contributed by atoms with Crippen molar-refractivity contribution < 1.29 is 18.0 Å². The van der Waals surface area contributed by atoms with Crippen LogP contribution in [0, 0.1) is 11.8 Å². The number of carbonyl (C=O) groups excluding carboxylic acids is 2. The molecule has 0 spiro atoms. The van der Waals surface area contributed by atoms with Crippen LogP contribution < -0.4 is 15.4 Å². The van der Waals surface area contributed by atoms with E-state index in [1.807, 2.05) is 18.2 Å². The van der Waals surface area contributed by atoms with Gasteiger partial charge in [0.1, 0.15) is 5.54 Å². The number of benzene rings is 1. The van der Waals surface area contributed by atoms with Crippen LogP contribution in [-0.2, 0) is 26.0 Å². The van der Waals surface area contributed by atoms with E-state index in [2.05, 4.69) is 34.1 Å². The Morgan fingerprint density at radius 3 is 2.59 bits per heavy atom. The Balaban J connectivity index is 1.37. The Kier molecular flexibility index (Phi) is 5.25. The summed E-state index contributed by atoms with van der Waals surface area (Å²) in [5.74, 6) is -0.838. The quantitative estimate of drug-likeness (QED) is 0.545. The van der Waals surface area contributed by atoms with E-state index in [0.29, 0.717) is 31.6 Å². The molecule has 0 bridgehead atoms. The van der Waals surface area contributed by atoms with Crippen LogP contribution in [0.1, 0.15) is 31.2 Å². The summed E-state index contributed by atoms with van der Waals surface area (Å²) in [6.07, 6.45) is 4.68. The van der Waals surface area contributed by atoms with Crippen molar-refractivity contribution in [2.45, 2.75) is 48.9 Å². The number of sulfonamides is 1. The van der Waals surface area contributed by atoms with Gasteiger partial charge in [-0.2, -0.15) is 0 Å². The van der Waals surface area contributed by atoms with Crippen LogP contribution in [0.4, 0.5) is 0 Å². The van der Waals surface area contributed by atoms with E-state index in [9.17, 15) is 18.0 Å². The Hall–Kier alpha value is -2.19. The van der Waals surface area contributed by atoms with Crippen molar-refractivity contribution in [3.63, 3.8) is 0 Å². The first-order valence-electron chi connectivity index (χ1n) is 10.1. The summed E-state index contributed by atoms with van der Waals surface area (Å²) in [6, 6.07) is 9.74. The van der Waals surface area contributed by atoms with Crippen molar-refractivity contribution in [1.29, 1.82) is 0 Å². The first-order chi connectivity index (χ1) is 13.8. The summed E-state index contributed by atoms with van der Waals surface area (Å²) in [7, 11) is -3.66. The molecule has 1 aromatic rings. The van der Waals surface area contributed by atoms with E-state index in [-0.39, 0.29) is 17.9 Å². The van der Waals surface area contributed by atoms with Gasteiger partial charge in [-0.3, -0.25) is 14.3 Å². The lowest BCUT2D eigenvalue weighted by Crippen LogP contribution is -2.55. The highest BCUT2D eigenvalue weighted by Gasteiger charge is 2.61. The average Bonchev–Trinajstić information content (AvgIpc) is 3.60. The van der Waals surface area contributed by atoms with Gasteiger partial charge in [-0.25, -0.2) is 8.42 Å². The third-order valence-corrected chi connectivity index (χ3v) is 7.97. The topological polar surface area (TPSA) is 104 Å². The molecule has 1 saturated heterocycles. The predicted octanol–water partition coefficient (Wildman–Crippen LogP) is 0.877. The molecule has 156 valence electrons. The molecule has 0 aromatic heterocycles. The molecule has 2 amide bonds. The Morgan fingerprint density at radius 2 is 1.97 bits per heavy atom. The molecule has 4 atom stereocenters. The van der Waals surface area contributed by atoms with E-state index < -0.39 is 26.7 Å². The van der Waals surface area contributed by atoms with Gasteiger partial charge in [0, 0.05) is 5.92 Å². The highest BCUT2D eigenvalue weighted by molar-refractivity contribution is 7.91. The molecule has 29 heavy (non-hydrogen) atoms. The second kappa shape index (κ2) is 7.57. The maximum atomic E-state index is 12.8. The molecule has 3 N–H and O–H groups in total. The third kappa shape index (κ3) is 4.23. The minimum Gasteiger partial charge on any atom is -0.340 e. The van der Waals surface area contributed by atoms with E-state index in [1.165, 1.54) is 5.56 Å². The van der Waals surface area contributed by atoms with Crippen molar-refractivity contribution in [1.82, 2.24) is 15.4 Å². The number of nitrogens with one attached hydrogen (secondary N) is 3. The van der Waals surface area contributed by atoms with Crippen molar-refractivity contribution in [2.24, 2.45) is 11.8 Å². The lowest BCUT2D eigenvalue weighted by molar-refractivity contribution is -0.130. The van der Waals surface area contributed by atoms with Gasteiger partial charge in [0.25, 0.3) is 5.91 Å². The van der Waals surface area contributed by atoms with Crippen LogP contribution in [0.15, 0.2) is 43.0 Å². The average molecular weight is 418 g/mol. The first-order valence-corrected chi connectivity index (χ1v) is 11.7. The fourth-order valence-electron chi connectivity index (χ4n) is 4.13. The molecule has 2 saturated carbocycles. The van der Waals surface area contributed by atoms with Gasteiger partial charge in [-0.15, -0.1) is 6.58 Å². The normalized spacial score (nSPS) is 31.1. The summed E-state index contributed by atoms with van der Waals surface area (Å²) in [6.45, 7) is 4.44. The summed E-state index contributed by atoms with van der Waals surface area (Å²) in [5.41, 5.74) is 0.0235. The minimum atomic E-state index is -3.66. The van der Waals surface area contributed by atoms with Gasteiger partial charge in [-0.1, -0.05) is 36.4 Å². The van der Waals surface area contributed by atoms with Gasteiger partial charge >= 0.3 is 0 Å². The lowest BCUT2D eigenvalue weighted by atomic mass is 9.96. The molecule has 1 heterocycles. The van der Waals surface area contributed by atoms with Gasteiger partial charge in [0.2, 0.25) is 15.9 Å². The predicted molar refractivity (Wildman–Crippen MR) is 109 cm³/mol. The Bertz CT molecular complexity index is 913. The molecule has 1 aliphatic heterocycles. The van der Waals surface area contributed by atoms with Gasteiger partial charge < -0.3 is 10.6 Å². The van der Waals surface area contributed by atoms with Gasteiger partial charge in [0.05, 0.1) is 11.3 Å². The molecular weight excluding hydrogens is 390 g/mol. The molecule has 7 nitrogen and oxygen atoms in total. The van der Waals surface area contributed by atoms with Crippen LogP contribution in [-0.4, -0.2) is 43.6 Å². The number of amides is 2. The Morgan fingerprint density at radius 1 is 1.24 bits per heavy atom. The van der Waals surface area contributed by atoms with E-state index in [4.69, 9.17) is 0 Å². The fraction of sp³-hybridized carbons (Fsp3) is 0.524. The van der Waals surface area contributed by atoms with Crippen molar-refractivity contribution >= 4 is 21.8 Å². The number of rotatable bonds is 8. The van der Waals surface area contributed by atoms with E-state index >= 15 is 0 Å². The SMILES string of the molecule is C=C[C@@H]1C[C@]1(NC(=O)[C@@H]1C[C@@H](Cc2ccccc2)CN1)C(=O)NS(=O)(=O)C1CC1. The highest BCUT2D eigenvalue weighted by atomic mass is 32.2. The maximum absolute atomic E-state index is 12.8. The lowest BCUT2D eigenvalue weighted by Gasteiger charge is -2.21. The molecule has 3 aliphatic rings. The largest absolute Gasteiger partial charge is 0.340 e. The van der Waals surface area contributed by atoms with Crippen LogP contribution >= 0.6 is 0 Å². The molecule has 8 heteroatoms. The molecular formula is C21H27N3O4S. The molecule has 2 aliphatic carbocycles. The fourth-order valence-corrected chi connectivity index (χ4v) is 5.50. The highest BCUT2D eigenvalue weighted by Crippen LogP contribution is 2.45. The molecule has 4 rings (SSSR count). The molecule has 3 fully saturated rings.